The Balaban J connectivity index is 0.00000161. The summed E-state index contributed by atoms with van der Waals surface area (Å²) in [5.74, 6) is 1.97. The van der Waals surface area contributed by atoms with Crippen LogP contribution in [0.15, 0.2) is 4.52 Å². The number of nitrogens with zero attached hydrogens (tertiary/aromatic N) is 2. The third-order valence-corrected chi connectivity index (χ3v) is 4.34. The predicted molar refractivity (Wildman–Crippen MR) is 80.4 cm³/mol. The first kappa shape index (κ1) is 16.2. The maximum absolute atomic E-state index is 12.1. The zero-order valence-electron chi connectivity index (χ0n) is 12.3. The van der Waals surface area contributed by atoms with E-state index in [9.17, 15) is 4.79 Å². The van der Waals surface area contributed by atoms with Crippen molar-refractivity contribution in [2.75, 3.05) is 6.54 Å². The molecule has 2 heterocycles. The van der Waals surface area contributed by atoms with Gasteiger partial charge in [0.2, 0.25) is 11.8 Å². The fraction of sp³-hybridized carbons (Fsp3) is 0.786. The molecule has 2 aliphatic rings. The van der Waals surface area contributed by atoms with E-state index in [-0.39, 0.29) is 24.4 Å². The fourth-order valence-corrected chi connectivity index (χ4v) is 3.17. The molecule has 1 aromatic heterocycles. The van der Waals surface area contributed by atoms with Crippen LogP contribution in [0.3, 0.4) is 0 Å². The summed E-state index contributed by atoms with van der Waals surface area (Å²) in [6.07, 6.45) is 6.05. The molecular weight excluding hydrogens is 292 g/mol. The van der Waals surface area contributed by atoms with Gasteiger partial charge < -0.3 is 15.2 Å². The highest BCUT2D eigenvalue weighted by Gasteiger charge is 2.29. The third-order valence-electron chi connectivity index (χ3n) is 4.34. The highest BCUT2D eigenvalue weighted by Crippen LogP contribution is 2.31. The van der Waals surface area contributed by atoms with Crippen LogP contribution in [-0.2, 0) is 4.79 Å². The maximum atomic E-state index is 12.1. The Morgan fingerprint density at radius 3 is 2.62 bits per heavy atom. The van der Waals surface area contributed by atoms with E-state index in [0.717, 1.165) is 51.0 Å². The molecule has 2 N–H and O–H groups in total. The third kappa shape index (κ3) is 3.95. The van der Waals surface area contributed by atoms with Crippen molar-refractivity contribution in [3.05, 3.63) is 11.7 Å². The van der Waals surface area contributed by atoms with Crippen LogP contribution in [-0.4, -0.2) is 34.7 Å². The Bertz CT molecular complexity index is 465. The van der Waals surface area contributed by atoms with E-state index < -0.39 is 0 Å². The summed E-state index contributed by atoms with van der Waals surface area (Å²) in [4.78, 5) is 16.4. The molecule has 0 spiro atoms. The molecule has 0 aromatic carbocycles. The summed E-state index contributed by atoms with van der Waals surface area (Å²) in [6.45, 7) is 2.80. The van der Waals surface area contributed by atoms with Crippen molar-refractivity contribution in [3.63, 3.8) is 0 Å². The van der Waals surface area contributed by atoms with E-state index in [2.05, 4.69) is 20.8 Å². The summed E-state index contributed by atoms with van der Waals surface area (Å²) in [5, 5.41) is 10.3. The lowest BCUT2D eigenvalue weighted by Gasteiger charge is -2.28. The van der Waals surface area contributed by atoms with Crippen LogP contribution in [0.4, 0.5) is 0 Å². The van der Waals surface area contributed by atoms with Crippen LogP contribution >= 0.6 is 12.4 Å². The molecule has 1 saturated carbocycles. The molecule has 21 heavy (non-hydrogen) atoms. The molecule has 1 amide bonds. The number of amides is 1. The summed E-state index contributed by atoms with van der Waals surface area (Å²) < 4.78 is 5.24. The highest BCUT2D eigenvalue weighted by molar-refractivity contribution is 5.85. The number of carbonyl (C=O) groups excluding carboxylic acids is 1. The number of halogens is 1. The van der Waals surface area contributed by atoms with Gasteiger partial charge in [-0.3, -0.25) is 4.79 Å². The first-order valence-corrected chi connectivity index (χ1v) is 7.56. The molecule has 0 bridgehead atoms. The van der Waals surface area contributed by atoms with Crippen molar-refractivity contribution in [2.24, 2.45) is 0 Å². The van der Waals surface area contributed by atoms with Crippen molar-refractivity contribution in [3.8, 4) is 0 Å². The summed E-state index contributed by atoms with van der Waals surface area (Å²) in [7, 11) is 0. The van der Waals surface area contributed by atoms with Gasteiger partial charge in [-0.1, -0.05) is 5.16 Å². The zero-order valence-corrected chi connectivity index (χ0v) is 13.1. The van der Waals surface area contributed by atoms with Crippen molar-refractivity contribution in [1.82, 2.24) is 20.8 Å². The number of aryl methyl sites for hydroxylation is 1. The van der Waals surface area contributed by atoms with Gasteiger partial charge in [0.15, 0.2) is 5.82 Å². The average Bonchev–Trinajstić information content (AvgIpc) is 3.10. The van der Waals surface area contributed by atoms with Crippen LogP contribution in [0.1, 0.15) is 56.2 Å². The molecule has 118 valence electrons. The van der Waals surface area contributed by atoms with Crippen LogP contribution in [0.5, 0.6) is 0 Å². The topological polar surface area (TPSA) is 80.0 Å². The Kier molecular flexibility index (Phi) is 5.58. The minimum Gasteiger partial charge on any atom is -0.352 e. The van der Waals surface area contributed by atoms with E-state index in [1.54, 1.807) is 0 Å². The normalized spacial score (nSPS) is 28.9. The van der Waals surface area contributed by atoms with Gasteiger partial charge in [-0.05, 0) is 52.0 Å². The summed E-state index contributed by atoms with van der Waals surface area (Å²) in [6, 6.07) is 0.316. The Hall–Kier alpha value is -1.14. The molecular formula is C14H23ClN4O2. The minimum atomic E-state index is 0. The molecule has 7 heteroatoms. The van der Waals surface area contributed by atoms with E-state index in [1.165, 1.54) is 0 Å². The lowest BCUT2D eigenvalue weighted by Crippen LogP contribution is -2.46. The molecule has 2 fully saturated rings. The number of hydrogen-bond acceptors (Lipinski definition) is 5. The lowest BCUT2D eigenvalue weighted by atomic mass is 9.86. The lowest BCUT2D eigenvalue weighted by molar-refractivity contribution is -0.123. The molecule has 1 aliphatic carbocycles. The molecule has 1 aromatic rings. The predicted octanol–water partition coefficient (Wildman–Crippen LogP) is 1.69. The highest BCUT2D eigenvalue weighted by atomic mass is 35.5. The number of carbonyl (C=O) groups is 1. The Morgan fingerprint density at radius 1 is 1.29 bits per heavy atom. The Morgan fingerprint density at radius 2 is 2.05 bits per heavy atom. The van der Waals surface area contributed by atoms with Crippen molar-refractivity contribution < 1.29 is 9.32 Å². The smallest absolute Gasteiger partial charge is 0.237 e. The second-order valence-electron chi connectivity index (χ2n) is 5.89. The summed E-state index contributed by atoms with van der Waals surface area (Å²) >= 11 is 0. The van der Waals surface area contributed by atoms with Gasteiger partial charge in [0.1, 0.15) is 0 Å². The fourth-order valence-electron chi connectivity index (χ4n) is 3.17. The molecule has 1 aliphatic heterocycles. The molecule has 1 atom stereocenters. The quantitative estimate of drug-likeness (QED) is 0.887. The van der Waals surface area contributed by atoms with Gasteiger partial charge in [0, 0.05) is 12.0 Å². The second kappa shape index (κ2) is 7.22. The maximum Gasteiger partial charge on any atom is 0.237 e. The van der Waals surface area contributed by atoms with Gasteiger partial charge in [-0.2, -0.15) is 4.98 Å². The zero-order chi connectivity index (χ0) is 13.9. The van der Waals surface area contributed by atoms with Gasteiger partial charge in [0.05, 0.1) is 6.04 Å². The first-order chi connectivity index (χ1) is 9.72. The first-order valence-electron chi connectivity index (χ1n) is 7.56. The van der Waals surface area contributed by atoms with Crippen LogP contribution in [0, 0.1) is 6.92 Å². The number of rotatable bonds is 3. The van der Waals surface area contributed by atoms with E-state index in [4.69, 9.17) is 4.52 Å². The van der Waals surface area contributed by atoms with E-state index in [1.807, 2.05) is 6.92 Å². The summed E-state index contributed by atoms with van der Waals surface area (Å²) in [5.41, 5.74) is 0. The largest absolute Gasteiger partial charge is 0.352 e. The van der Waals surface area contributed by atoms with Crippen LogP contribution < -0.4 is 10.6 Å². The van der Waals surface area contributed by atoms with Crippen LogP contribution in [0.2, 0.25) is 0 Å². The number of aromatic nitrogens is 2. The van der Waals surface area contributed by atoms with Crippen LogP contribution in [0.25, 0.3) is 0 Å². The van der Waals surface area contributed by atoms with Gasteiger partial charge in [-0.25, -0.2) is 0 Å². The van der Waals surface area contributed by atoms with Crippen molar-refractivity contribution >= 4 is 18.3 Å². The molecule has 1 saturated heterocycles. The van der Waals surface area contributed by atoms with Gasteiger partial charge in [-0.15, -0.1) is 12.4 Å². The standard InChI is InChI=1S/C14H22N4O2.ClH/c1-9-16-14(20-18-9)10-4-6-11(7-5-10)17-13(19)12-3-2-8-15-12;/h10-12,15H,2-8H2,1H3,(H,17,19);1H. The average molecular weight is 315 g/mol. The number of nitrogens with one attached hydrogen (secondary N) is 2. The Labute approximate surface area is 130 Å². The number of hydrogen-bond donors (Lipinski definition) is 2. The molecule has 3 rings (SSSR count). The van der Waals surface area contributed by atoms with Gasteiger partial charge >= 0.3 is 0 Å². The van der Waals surface area contributed by atoms with Gasteiger partial charge in [0.25, 0.3) is 0 Å². The van der Waals surface area contributed by atoms with Crippen molar-refractivity contribution in [1.29, 1.82) is 0 Å². The monoisotopic (exact) mass is 314 g/mol. The molecule has 6 nitrogen and oxygen atoms in total. The van der Waals surface area contributed by atoms with E-state index >= 15 is 0 Å². The second-order valence-corrected chi connectivity index (χ2v) is 5.89. The molecule has 0 radical (unpaired) electrons. The SMILES string of the molecule is Cc1noc(C2CCC(NC(=O)C3CCCN3)CC2)n1.Cl. The minimum absolute atomic E-state index is 0. The van der Waals surface area contributed by atoms with Crippen molar-refractivity contribution in [2.45, 2.75) is 63.5 Å². The molecule has 1 unspecified atom stereocenters. The van der Waals surface area contributed by atoms with E-state index in [0.29, 0.717) is 17.8 Å².